The lowest BCUT2D eigenvalue weighted by molar-refractivity contribution is -0.116. The summed E-state index contributed by atoms with van der Waals surface area (Å²) in [6, 6.07) is 19.9. The van der Waals surface area contributed by atoms with Gasteiger partial charge in [-0.3, -0.25) is 9.59 Å². The van der Waals surface area contributed by atoms with E-state index in [1.54, 1.807) is 13.8 Å². The Bertz CT molecular complexity index is 1160. The van der Waals surface area contributed by atoms with Gasteiger partial charge in [-0.05, 0) is 68.1 Å². The van der Waals surface area contributed by atoms with Crippen LogP contribution in [0, 0.1) is 25.2 Å². The Morgan fingerprint density at radius 1 is 1.06 bits per heavy atom. The van der Waals surface area contributed by atoms with E-state index in [4.69, 9.17) is 0 Å². The number of carbonyl (C=O) groups excluding carboxylic acids is 1. The van der Waals surface area contributed by atoms with Gasteiger partial charge < -0.3 is 15.6 Å². The third kappa shape index (κ3) is 5.40. The van der Waals surface area contributed by atoms with E-state index in [1.807, 2.05) is 48.5 Å². The number of carbonyl (C=O) groups is 1. The maximum absolute atomic E-state index is 12.4. The molecule has 6 heteroatoms. The van der Waals surface area contributed by atoms with E-state index < -0.39 is 0 Å². The number of aromatic amines is 1. The number of anilines is 2. The van der Waals surface area contributed by atoms with Crippen LogP contribution in [0.2, 0.25) is 0 Å². The van der Waals surface area contributed by atoms with Gasteiger partial charge in [0.15, 0.2) is 0 Å². The lowest BCUT2D eigenvalue weighted by Gasteiger charge is -2.16. The van der Waals surface area contributed by atoms with Crippen LogP contribution in [0.5, 0.6) is 0 Å². The number of aromatic nitrogens is 1. The highest BCUT2D eigenvalue weighted by atomic mass is 16.1. The summed E-state index contributed by atoms with van der Waals surface area (Å²) in [5, 5.41) is 15.5. The molecule has 0 saturated heterocycles. The summed E-state index contributed by atoms with van der Waals surface area (Å²) in [4.78, 5) is 26.9. The number of rotatable bonds is 7. The van der Waals surface area contributed by atoms with Crippen molar-refractivity contribution < 1.29 is 4.79 Å². The lowest BCUT2D eigenvalue weighted by Crippen LogP contribution is -2.18. The van der Waals surface area contributed by atoms with Gasteiger partial charge in [-0.25, -0.2) is 0 Å². The summed E-state index contributed by atoms with van der Waals surface area (Å²) in [7, 11) is 0. The molecule has 0 aliphatic carbocycles. The molecule has 1 unspecified atom stereocenters. The number of pyridine rings is 1. The van der Waals surface area contributed by atoms with E-state index in [0.717, 1.165) is 16.9 Å². The molecule has 1 heterocycles. The molecule has 6 nitrogen and oxygen atoms in total. The fraction of sp³-hybridized carbons (Fsp3) is 0.240. The Morgan fingerprint density at radius 2 is 1.71 bits per heavy atom. The molecule has 0 saturated carbocycles. The first kappa shape index (κ1) is 21.8. The molecule has 0 aliphatic heterocycles. The average molecular weight is 415 g/mol. The highest BCUT2D eigenvalue weighted by Crippen LogP contribution is 2.21. The SMILES string of the molecule is Cc1[nH]c(=O)c(C#N)c(C)c1CCC(=O)Nc1ccc(NC(C)c2ccccc2)cc1. The van der Waals surface area contributed by atoms with Crippen molar-refractivity contribution in [1.82, 2.24) is 4.98 Å². The van der Waals surface area contributed by atoms with Crippen molar-refractivity contribution in [3.63, 3.8) is 0 Å². The summed E-state index contributed by atoms with van der Waals surface area (Å²) in [5.74, 6) is -0.123. The standard InChI is InChI=1S/C25H26N4O2/c1-16-22(18(3)28-25(31)23(16)15-26)13-14-24(30)29-21-11-9-20(10-12-21)27-17(2)19-7-5-4-6-8-19/h4-12,17,27H,13-14H2,1-3H3,(H,28,31)(H,29,30). The zero-order chi connectivity index (χ0) is 22.4. The van der Waals surface area contributed by atoms with Gasteiger partial charge >= 0.3 is 0 Å². The van der Waals surface area contributed by atoms with Crippen LogP contribution in [0.3, 0.4) is 0 Å². The number of nitriles is 1. The molecule has 3 aromatic rings. The van der Waals surface area contributed by atoms with Gasteiger partial charge in [0.05, 0.1) is 0 Å². The molecule has 1 atom stereocenters. The first-order valence-corrected chi connectivity index (χ1v) is 10.2. The average Bonchev–Trinajstić information content (AvgIpc) is 2.75. The highest BCUT2D eigenvalue weighted by molar-refractivity contribution is 5.91. The summed E-state index contributed by atoms with van der Waals surface area (Å²) in [6.07, 6.45) is 0.701. The van der Waals surface area contributed by atoms with Crippen LogP contribution in [0.1, 0.15) is 47.3 Å². The molecular formula is C25H26N4O2. The van der Waals surface area contributed by atoms with Crippen molar-refractivity contribution in [2.75, 3.05) is 10.6 Å². The summed E-state index contributed by atoms with van der Waals surface area (Å²) >= 11 is 0. The van der Waals surface area contributed by atoms with Gasteiger partial charge in [0.25, 0.3) is 5.56 Å². The van der Waals surface area contributed by atoms with E-state index in [1.165, 1.54) is 5.56 Å². The molecule has 3 rings (SSSR count). The summed E-state index contributed by atoms with van der Waals surface area (Å²) in [6.45, 7) is 5.63. The molecule has 0 fully saturated rings. The predicted molar refractivity (Wildman–Crippen MR) is 123 cm³/mol. The number of nitrogens with zero attached hydrogens (tertiary/aromatic N) is 1. The van der Waals surface area contributed by atoms with E-state index in [-0.39, 0.29) is 29.5 Å². The summed E-state index contributed by atoms with van der Waals surface area (Å²) in [5.41, 5.74) is 4.77. The number of nitrogens with one attached hydrogen (secondary N) is 3. The minimum absolute atomic E-state index is 0.105. The molecule has 31 heavy (non-hydrogen) atoms. The van der Waals surface area contributed by atoms with Gasteiger partial charge in [0.1, 0.15) is 11.6 Å². The first-order valence-electron chi connectivity index (χ1n) is 10.2. The molecule has 1 aromatic heterocycles. The first-order chi connectivity index (χ1) is 14.9. The number of aryl methyl sites for hydroxylation is 1. The second kappa shape index (κ2) is 9.77. The Balaban J connectivity index is 1.58. The van der Waals surface area contributed by atoms with E-state index in [2.05, 4.69) is 34.7 Å². The Morgan fingerprint density at radius 3 is 2.35 bits per heavy atom. The van der Waals surface area contributed by atoms with Crippen molar-refractivity contribution in [2.45, 2.75) is 39.7 Å². The third-order valence-electron chi connectivity index (χ3n) is 5.37. The van der Waals surface area contributed by atoms with Crippen molar-refractivity contribution in [1.29, 1.82) is 5.26 Å². The molecule has 0 radical (unpaired) electrons. The smallest absolute Gasteiger partial charge is 0.266 e. The minimum atomic E-state index is -0.388. The van der Waals surface area contributed by atoms with Crippen molar-refractivity contribution >= 4 is 17.3 Å². The largest absolute Gasteiger partial charge is 0.379 e. The second-order valence-corrected chi connectivity index (χ2v) is 7.57. The summed E-state index contributed by atoms with van der Waals surface area (Å²) < 4.78 is 0. The number of amides is 1. The maximum atomic E-state index is 12.4. The van der Waals surface area contributed by atoms with Gasteiger partial charge in [0.2, 0.25) is 5.91 Å². The third-order valence-corrected chi connectivity index (χ3v) is 5.37. The van der Waals surface area contributed by atoms with Gasteiger partial charge in [0, 0.05) is 29.5 Å². The van der Waals surface area contributed by atoms with Crippen LogP contribution in [0.4, 0.5) is 11.4 Å². The molecule has 0 bridgehead atoms. The van der Waals surface area contributed by atoms with Gasteiger partial charge in [-0.1, -0.05) is 30.3 Å². The van der Waals surface area contributed by atoms with E-state index in [9.17, 15) is 14.9 Å². The minimum Gasteiger partial charge on any atom is -0.379 e. The second-order valence-electron chi connectivity index (χ2n) is 7.57. The highest BCUT2D eigenvalue weighted by Gasteiger charge is 2.13. The topological polar surface area (TPSA) is 97.8 Å². The maximum Gasteiger partial charge on any atom is 0.266 e. The molecule has 0 spiro atoms. The fourth-order valence-electron chi connectivity index (χ4n) is 3.61. The van der Waals surface area contributed by atoms with Gasteiger partial charge in [-0.2, -0.15) is 5.26 Å². The quantitative estimate of drug-likeness (QED) is 0.526. The van der Waals surface area contributed by atoms with Crippen LogP contribution in [0.15, 0.2) is 59.4 Å². The zero-order valence-corrected chi connectivity index (χ0v) is 18.0. The van der Waals surface area contributed by atoms with Crippen LogP contribution in [-0.2, 0) is 11.2 Å². The molecule has 0 aliphatic rings. The monoisotopic (exact) mass is 414 g/mol. The van der Waals surface area contributed by atoms with E-state index >= 15 is 0 Å². The Hall–Kier alpha value is -3.85. The van der Waals surface area contributed by atoms with Crippen molar-refractivity contribution in [3.8, 4) is 6.07 Å². The Kier molecular flexibility index (Phi) is 6.88. The van der Waals surface area contributed by atoms with Crippen LogP contribution in [-0.4, -0.2) is 10.9 Å². The number of hydrogen-bond donors (Lipinski definition) is 3. The molecule has 2 aromatic carbocycles. The Labute approximate surface area is 182 Å². The lowest BCUT2D eigenvalue weighted by atomic mass is 9.99. The predicted octanol–water partition coefficient (Wildman–Crippen LogP) is 4.61. The molecule has 3 N–H and O–H groups in total. The zero-order valence-electron chi connectivity index (χ0n) is 18.0. The van der Waals surface area contributed by atoms with Crippen molar-refractivity contribution in [3.05, 3.63) is 92.9 Å². The molecular weight excluding hydrogens is 388 g/mol. The van der Waals surface area contributed by atoms with Crippen LogP contribution >= 0.6 is 0 Å². The van der Waals surface area contributed by atoms with E-state index in [0.29, 0.717) is 17.7 Å². The fourth-order valence-corrected chi connectivity index (χ4v) is 3.61. The van der Waals surface area contributed by atoms with Crippen LogP contribution in [0.25, 0.3) is 0 Å². The normalized spacial score (nSPS) is 11.4. The van der Waals surface area contributed by atoms with Gasteiger partial charge in [-0.15, -0.1) is 0 Å². The van der Waals surface area contributed by atoms with Crippen molar-refractivity contribution in [2.24, 2.45) is 0 Å². The number of hydrogen-bond acceptors (Lipinski definition) is 4. The molecule has 1 amide bonds. The number of benzene rings is 2. The number of H-pyrrole nitrogens is 1. The van der Waals surface area contributed by atoms with Crippen LogP contribution < -0.4 is 16.2 Å². The molecule has 158 valence electrons.